The van der Waals surface area contributed by atoms with E-state index >= 15 is 0 Å². The summed E-state index contributed by atoms with van der Waals surface area (Å²) in [7, 11) is 0. The zero-order valence-corrected chi connectivity index (χ0v) is 13.9. The first-order valence-electron chi connectivity index (χ1n) is 8.30. The predicted molar refractivity (Wildman–Crippen MR) is 84.1 cm³/mol. The minimum atomic E-state index is 0.306. The largest absolute Gasteiger partial charge is 0.339 e. The van der Waals surface area contributed by atoms with Crippen LogP contribution in [0.15, 0.2) is 4.52 Å². The van der Waals surface area contributed by atoms with Crippen LogP contribution in [0.4, 0.5) is 0 Å². The molecular formula is C16H30N4O. The summed E-state index contributed by atoms with van der Waals surface area (Å²) in [4.78, 5) is 6.94. The normalized spacial score (nSPS) is 20.6. The Morgan fingerprint density at radius 3 is 2.81 bits per heavy atom. The standard InChI is InChI=1S/C16H30N4O/c1-12(2)8-17-9-14-6-5-7-20(10-14)11-15-18-16(13(3)4)21-19-15/h12-14,17H,5-11H2,1-4H3. The van der Waals surface area contributed by atoms with Crippen molar-refractivity contribution in [2.45, 2.75) is 53.0 Å². The van der Waals surface area contributed by atoms with Gasteiger partial charge in [0.1, 0.15) is 0 Å². The van der Waals surface area contributed by atoms with Crippen molar-refractivity contribution < 1.29 is 4.52 Å². The SMILES string of the molecule is CC(C)CNCC1CCCN(Cc2noc(C(C)C)n2)C1. The summed E-state index contributed by atoms with van der Waals surface area (Å²) in [5.74, 6) is 3.35. The van der Waals surface area contributed by atoms with Crippen molar-refractivity contribution in [3.63, 3.8) is 0 Å². The molecule has 0 bridgehead atoms. The van der Waals surface area contributed by atoms with Crippen molar-refractivity contribution in [3.8, 4) is 0 Å². The molecule has 1 aromatic heterocycles. The topological polar surface area (TPSA) is 54.2 Å². The van der Waals surface area contributed by atoms with Gasteiger partial charge in [-0.1, -0.05) is 32.9 Å². The number of hydrogen-bond acceptors (Lipinski definition) is 5. The maximum atomic E-state index is 5.29. The van der Waals surface area contributed by atoms with Gasteiger partial charge in [-0.3, -0.25) is 4.90 Å². The van der Waals surface area contributed by atoms with Crippen LogP contribution in [0.2, 0.25) is 0 Å². The summed E-state index contributed by atoms with van der Waals surface area (Å²) in [6.45, 7) is 14.0. The molecule has 21 heavy (non-hydrogen) atoms. The Morgan fingerprint density at radius 1 is 1.33 bits per heavy atom. The van der Waals surface area contributed by atoms with E-state index in [1.54, 1.807) is 0 Å². The second-order valence-corrected chi connectivity index (χ2v) is 7.00. The molecule has 0 aliphatic carbocycles. The minimum Gasteiger partial charge on any atom is -0.339 e. The Bertz CT molecular complexity index is 416. The van der Waals surface area contributed by atoms with Crippen molar-refractivity contribution in [3.05, 3.63) is 11.7 Å². The number of rotatable bonds is 7. The van der Waals surface area contributed by atoms with E-state index in [2.05, 4.69) is 48.1 Å². The van der Waals surface area contributed by atoms with Crippen LogP contribution < -0.4 is 5.32 Å². The molecule has 2 heterocycles. The number of nitrogens with zero attached hydrogens (tertiary/aromatic N) is 3. The first-order valence-corrected chi connectivity index (χ1v) is 8.30. The van der Waals surface area contributed by atoms with Crippen LogP contribution in [-0.2, 0) is 6.54 Å². The van der Waals surface area contributed by atoms with Crippen LogP contribution in [0.5, 0.6) is 0 Å². The van der Waals surface area contributed by atoms with Gasteiger partial charge in [-0.15, -0.1) is 0 Å². The lowest BCUT2D eigenvalue weighted by molar-refractivity contribution is 0.160. The highest BCUT2D eigenvalue weighted by Gasteiger charge is 2.21. The molecule has 1 unspecified atom stereocenters. The number of hydrogen-bond donors (Lipinski definition) is 1. The lowest BCUT2D eigenvalue weighted by Gasteiger charge is -2.32. The Balaban J connectivity index is 1.77. The van der Waals surface area contributed by atoms with Crippen LogP contribution in [0.25, 0.3) is 0 Å². The van der Waals surface area contributed by atoms with Crippen LogP contribution in [-0.4, -0.2) is 41.2 Å². The average molecular weight is 294 g/mol. The lowest BCUT2D eigenvalue weighted by atomic mass is 9.98. The van der Waals surface area contributed by atoms with Gasteiger partial charge in [0, 0.05) is 12.5 Å². The van der Waals surface area contributed by atoms with Crippen LogP contribution in [0.1, 0.15) is 58.2 Å². The van der Waals surface area contributed by atoms with E-state index < -0.39 is 0 Å². The molecule has 0 amide bonds. The first kappa shape index (κ1) is 16.4. The molecule has 5 nitrogen and oxygen atoms in total. The fourth-order valence-corrected chi connectivity index (χ4v) is 2.80. The van der Waals surface area contributed by atoms with Crippen molar-refractivity contribution in [2.24, 2.45) is 11.8 Å². The van der Waals surface area contributed by atoms with Crippen molar-refractivity contribution in [2.75, 3.05) is 26.2 Å². The smallest absolute Gasteiger partial charge is 0.229 e. The van der Waals surface area contributed by atoms with Gasteiger partial charge < -0.3 is 9.84 Å². The number of likely N-dealkylation sites (tertiary alicyclic amines) is 1. The molecule has 1 aliphatic heterocycles. The molecule has 1 atom stereocenters. The van der Waals surface area contributed by atoms with Gasteiger partial charge in [-0.2, -0.15) is 4.98 Å². The van der Waals surface area contributed by atoms with E-state index in [1.165, 1.54) is 12.8 Å². The van der Waals surface area contributed by atoms with E-state index in [0.717, 1.165) is 56.3 Å². The maximum Gasteiger partial charge on any atom is 0.229 e. The molecule has 0 radical (unpaired) electrons. The molecule has 1 aromatic rings. The van der Waals surface area contributed by atoms with Gasteiger partial charge in [0.05, 0.1) is 6.54 Å². The quantitative estimate of drug-likeness (QED) is 0.838. The van der Waals surface area contributed by atoms with E-state index in [-0.39, 0.29) is 0 Å². The first-order chi connectivity index (χ1) is 10.0. The zero-order valence-electron chi connectivity index (χ0n) is 13.9. The van der Waals surface area contributed by atoms with Crippen molar-refractivity contribution >= 4 is 0 Å². The van der Waals surface area contributed by atoms with E-state index in [4.69, 9.17) is 4.52 Å². The Kier molecular flexibility index (Phi) is 6.18. The van der Waals surface area contributed by atoms with Gasteiger partial charge in [0.15, 0.2) is 5.82 Å². The number of aromatic nitrogens is 2. The third-order valence-corrected chi connectivity index (χ3v) is 3.93. The van der Waals surface area contributed by atoms with Gasteiger partial charge in [-0.25, -0.2) is 0 Å². The molecule has 0 aromatic carbocycles. The maximum absolute atomic E-state index is 5.29. The Morgan fingerprint density at radius 2 is 2.14 bits per heavy atom. The minimum absolute atomic E-state index is 0.306. The molecule has 0 saturated carbocycles. The van der Waals surface area contributed by atoms with Gasteiger partial charge in [0.2, 0.25) is 5.89 Å². The van der Waals surface area contributed by atoms with Gasteiger partial charge in [-0.05, 0) is 44.3 Å². The second kappa shape index (κ2) is 7.90. The van der Waals surface area contributed by atoms with Crippen LogP contribution in [0.3, 0.4) is 0 Å². The summed E-state index contributed by atoms with van der Waals surface area (Å²) in [6.07, 6.45) is 2.59. The van der Waals surface area contributed by atoms with Crippen LogP contribution in [0, 0.1) is 11.8 Å². The van der Waals surface area contributed by atoms with E-state index in [9.17, 15) is 0 Å². The molecule has 1 saturated heterocycles. The molecule has 120 valence electrons. The summed E-state index contributed by atoms with van der Waals surface area (Å²) >= 11 is 0. The molecule has 1 N–H and O–H groups in total. The molecular weight excluding hydrogens is 264 g/mol. The summed E-state index contributed by atoms with van der Waals surface area (Å²) in [6, 6.07) is 0. The van der Waals surface area contributed by atoms with E-state index in [1.807, 2.05) is 0 Å². The second-order valence-electron chi connectivity index (χ2n) is 7.00. The Hall–Kier alpha value is -0.940. The fourth-order valence-electron chi connectivity index (χ4n) is 2.80. The molecule has 1 aliphatic rings. The highest BCUT2D eigenvalue weighted by molar-refractivity contribution is 4.91. The molecule has 5 heteroatoms. The van der Waals surface area contributed by atoms with Crippen molar-refractivity contribution in [1.29, 1.82) is 0 Å². The fraction of sp³-hybridized carbons (Fsp3) is 0.875. The Labute approximate surface area is 128 Å². The zero-order chi connectivity index (χ0) is 15.2. The average Bonchev–Trinajstić information content (AvgIpc) is 2.87. The van der Waals surface area contributed by atoms with E-state index in [0.29, 0.717) is 5.92 Å². The van der Waals surface area contributed by atoms with Gasteiger partial charge in [0.25, 0.3) is 0 Å². The summed E-state index contributed by atoms with van der Waals surface area (Å²) < 4.78 is 5.29. The molecule has 1 fully saturated rings. The molecule has 0 spiro atoms. The third kappa shape index (κ3) is 5.40. The van der Waals surface area contributed by atoms with Crippen LogP contribution >= 0.6 is 0 Å². The third-order valence-electron chi connectivity index (χ3n) is 3.93. The monoisotopic (exact) mass is 294 g/mol. The number of nitrogens with one attached hydrogen (secondary N) is 1. The van der Waals surface area contributed by atoms with Gasteiger partial charge >= 0.3 is 0 Å². The molecule has 2 rings (SSSR count). The lowest BCUT2D eigenvalue weighted by Crippen LogP contribution is -2.40. The highest BCUT2D eigenvalue weighted by atomic mass is 16.5. The summed E-state index contributed by atoms with van der Waals surface area (Å²) in [5, 5.41) is 7.68. The van der Waals surface area contributed by atoms with Crippen molar-refractivity contribution in [1.82, 2.24) is 20.4 Å². The number of piperidine rings is 1. The predicted octanol–water partition coefficient (Wildman–Crippen LogP) is 2.65. The summed E-state index contributed by atoms with van der Waals surface area (Å²) in [5.41, 5.74) is 0. The highest BCUT2D eigenvalue weighted by Crippen LogP contribution is 2.18.